The van der Waals surface area contributed by atoms with Gasteiger partial charge in [-0.3, -0.25) is 19.3 Å². The van der Waals surface area contributed by atoms with Gasteiger partial charge in [0.1, 0.15) is 0 Å². The highest BCUT2D eigenvalue weighted by Gasteiger charge is 2.27. The fourth-order valence-corrected chi connectivity index (χ4v) is 2.87. The largest absolute Gasteiger partial charge is 0.466 e. The average Bonchev–Trinajstić information content (AvgIpc) is 2.63. The maximum atomic E-state index is 13.1. The minimum atomic E-state index is -1.07. The van der Waals surface area contributed by atoms with Crippen molar-refractivity contribution in [1.29, 1.82) is 0 Å². The summed E-state index contributed by atoms with van der Waals surface area (Å²) in [5, 5.41) is 4.84. The molecule has 9 heteroatoms. The summed E-state index contributed by atoms with van der Waals surface area (Å²) in [6.07, 6.45) is 1.51. The molecule has 1 aliphatic heterocycles. The molecule has 1 fully saturated rings. The van der Waals surface area contributed by atoms with Crippen molar-refractivity contribution < 1.29 is 27.9 Å². The predicted molar refractivity (Wildman–Crippen MR) is 93.8 cm³/mol. The van der Waals surface area contributed by atoms with E-state index in [-0.39, 0.29) is 36.6 Å². The quantitative estimate of drug-likeness (QED) is 0.693. The van der Waals surface area contributed by atoms with Crippen LogP contribution in [0.2, 0.25) is 0 Å². The van der Waals surface area contributed by atoms with Gasteiger partial charge in [-0.05, 0) is 38.4 Å². The van der Waals surface area contributed by atoms with Gasteiger partial charge in [-0.1, -0.05) is 0 Å². The number of rotatable bonds is 7. The van der Waals surface area contributed by atoms with Crippen LogP contribution < -0.4 is 10.6 Å². The predicted octanol–water partition coefficient (Wildman–Crippen LogP) is 1.29. The second-order valence-corrected chi connectivity index (χ2v) is 6.28. The zero-order valence-electron chi connectivity index (χ0n) is 15.1. The van der Waals surface area contributed by atoms with Crippen LogP contribution in [-0.4, -0.2) is 55.5 Å². The van der Waals surface area contributed by atoms with Gasteiger partial charge in [-0.25, -0.2) is 8.78 Å². The molecule has 2 N–H and O–H groups in total. The summed E-state index contributed by atoms with van der Waals surface area (Å²) in [5.41, 5.74) is 0.0986. The Labute approximate surface area is 156 Å². The van der Waals surface area contributed by atoms with Crippen molar-refractivity contribution in [2.45, 2.75) is 19.8 Å². The molecule has 0 aromatic heterocycles. The molecular weight excluding hydrogens is 360 g/mol. The number of nitrogens with zero attached hydrogens (tertiary/aromatic N) is 1. The third kappa shape index (κ3) is 6.59. The summed E-state index contributed by atoms with van der Waals surface area (Å²) in [6.45, 7) is 2.96. The molecule has 1 saturated heterocycles. The van der Waals surface area contributed by atoms with Gasteiger partial charge in [0.25, 0.3) is 0 Å². The minimum Gasteiger partial charge on any atom is -0.466 e. The first-order valence-corrected chi connectivity index (χ1v) is 8.79. The monoisotopic (exact) mass is 383 g/mol. The number of nitrogens with one attached hydrogen (secondary N) is 2. The number of esters is 1. The van der Waals surface area contributed by atoms with E-state index < -0.39 is 17.5 Å². The van der Waals surface area contributed by atoms with Crippen LogP contribution in [0.3, 0.4) is 0 Å². The zero-order chi connectivity index (χ0) is 19.8. The topological polar surface area (TPSA) is 87.7 Å². The van der Waals surface area contributed by atoms with E-state index in [2.05, 4.69) is 10.6 Å². The van der Waals surface area contributed by atoms with Crippen molar-refractivity contribution in [1.82, 2.24) is 10.2 Å². The third-order valence-electron chi connectivity index (χ3n) is 4.14. The molecule has 2 amide bonds. The highest BCUT2D eigenvalue weighted by molar-refractivity contribution is 5.94. The number of carbonyl (C=O) groups excluding carboxylic acids is 3. The second-order valence-electron chi connectivity index (χ2n) is 6.28. The summed E-state index contributed by atoms with van der Waals surface area (Å²) in [7, 11) is 0. The van der Waals surface area contributed by atoms with Crippen LogP contribution in [0.15, 0.2) is 18.2 Å². The molecular formula is C18H23F2N3O4. The van der Waals surface area contributed by atoms with Gasteiger partial charge < -0.3 is 15.4 Å². The van der Waals surface area contributed by atoms with Crippen molar-refractivity contribution in [3.05, 3.63) is 29.8 Å². The molecule has 0 unspecified atom stereocenters. The van der Waals surface area contributed by atoms with Gasteiger partial charge in [-0.15, -0.1) is 0 Å². The van der Waals surface area contributed by atoms with Crippen molar-refractivity contribution in [3.8, 4) is 0 Å². The number of ether oxygens (including phenoxy) is 1. The lowest BCUT2D eigenvalue weighted by atomic mass is 9.98. The fraction of sp³-hybridized carbons (Fsp3) is 0.500. The molecule has 1 aromatic carbocycles. The van der Waals surface area contributed by atoms with E-state index in [1.54, 1.807) is 6.92 Å². The Hall–Kier alpha value is -2.55. The van der Waals surface area contributed by atoms with Gasteiger partial charge in [0.15, 0.2) is 11.6 Å². The molecule has 2 rings (SSSR count). The number of likely N-dealkylation sites (tertiary alicyclic amines) is 1. The Morgan fingerprint density at radius 1 is 1.22 bits per heavy atom. The van der Waals surface area contributed by atoms with Crippen molar-refractivity contribution in [3.63, 3.8) is 0 Å². The standard InChI is InChI=1S/C18H23F2N3O4/c1-2-27-18(26)12-4-3-7-23(10-12)11-17(25)21-9-16(24)22-13-5-6-14(19)15(20)8-13/h5-6,8,12H,2-4,7,9-11H2,1H3,(H,21,25)(H,22,24)/t12-/m1/s1. The first-order valence-electron chi connectivity index (χ1n) is 8.79. The average molecular weight is 383 g/mol. The number of amides is 2. The van der Waals surface area contributed by atoms with Gasteiger partial charge in [0, 0.05) is 18.3 Å². The van der Waals surface area contributed by atoms with Crippen LogP contribution in [0.1, 0.15) is 19.8 Å². The molecule has 1 aliphatic rings. The molecule has 0 spiro atoms. The van der Waals surface area contributed by atoms with Gasteiger partial charge >= 0.3 is 5.97 Å². The number of piperidine rings is 1. The van der Waals surface area contributed by atoms with E-state index in [1.807, 2.05) is 4.90 Å². The fourth-order valence-electron chi connectivity index (χ4n) is 2.87. The first-order chi connectivity index (χ1) is 12.9. The van der Waals surface area contributed by atoms with E-state index in [9.17, 15) is 23.2 Å². The molecule has 1 atom stereocenters. The molecule has 0 radical (unpaired) electrons. The smallest absolute Gasteiger partial charge is 0.310 e. The van der Waals surface area contributed by atoms with Gasteiger partial charge in [0.2, 0.25) is 11.8 Å². The molecule has 0 saturated carbocycles. The van der Waals surface area contributed by atoms with Crippen molar-refractivity contribution in [2.75, 3.05) is 38.1 Å². The number of halogens is 2. The molecule has 7 nitrogen and oxygen atoms in total. The van der Waals surface area contributed by atoms with Crippen LogP contribution in [0, 0.1) is 17.6 Å². The van der Waals surface area contributed by atoms with Gasteiger partial charge in [0.05, 0.1) is 25.6 Å². The van der Waals surface area contributed by atoms with Crippen LogP contribution in [0.4, 0.5) is 14.5 Å². The second kappa shape index (κ2) is 9.96. The van der Waals surface area contributed by atoms with Crippen molar-refractivity contribution in [2.24, 2.45) is 5.92 Å². The highest BCUT2D eigenvalue weighted by atomic mass is 19.2. The SMILES string of the molecule is CCOC(=O)[C@@H]1CCCN(CC(=O)NCC(=O)Nc2ccc(F)c(F)c2)C1. The number of benzene rings is 1. The summed E-state index contributed by atoms with van der Waals surface area (Å²) >= 11 is 0. The number of anilines is 1. The molecule has 27 heavy (non-hydrogen) atoms. The first kappa shape index (κ1) is 20.8. The van der Waals surface area contributed by atoms with Crippen LogP contribution in [0.25, 0.3) is 0 Å². The Bertz CT molecular complexity index is 699. The maximum Gasteiger partial charge on any atom is 0.310 e. The van der Waals surface area contributed by atoms with Crippen LogP contribution in [-0.2, 0) is 19.1 Å². The number of carbonyl (C=O) groups is 3. The summed E-state index contributed by atoms with van der Waals surface area (Å²) in [6, 6.07) is 2.99. The molecule has 148 valence electrons. The number of hydrogen-bond acceptors (Lipinski definition) is 5. The van der Waals surface area contributed by atoms with Crippen LogP contribution >= 0.6 is 0 Å². The Morgan fingerprint density at radius 3 is 2.70 bits per heavy atom. The van der Waals surface area contributed by atoms with E-state index >= 15 is 0 Å². The highest BCUT2D eigenvalue weighted by Crippen LogP contribution is 2.17. The normalized spacial score (nSPS) is 17.2. The molecule has 1 aromatic rings. The lowest BCUT2D eigenvalue weighted by Gasteiger charge is -2.30. The minimum absolute atomic E-state index is 0.0639. The third-order valence-corrected chi connectivity index (χ3v) is 4.14. The van der Waals surface area contributed by atoms with Gasteiger partial charge in [-0.2, -0.15) is 0 Å². The summed E-state index contributed by atoms with van der Waals surface area (Å²) < 4.78 is 31.0. The molecule has 0 bridgehead atoms. The zero-order valence-corrected chi connectivity index (χ0v) is 15.1. The summed E-state index contributed by atoms with van der Waals surface area (Å²) in [5.74, 6) is -3.50. The Balaban J connectivity index is 1.74. The molecule has 1 heterocycles. The van der Waals surface area contributed by atoms with Crippen molar-refractivity contribution >= 4 is 23.5 Å². The lowest BCUT2D eigenvalue weighted by molar-refractivity contribution is -0.150. The van der Waals surface area contributed by atoms with E-state index in [0.29, 0.717) is 19.7 Å². The van der Waals surface area contributed by atoms with E-state index in [1.165, 1.54) is 6.07 Å². The van der Waals surface area contributed by atoms with E-state index in [0.717, 1.165) is 25.0 Å². The maximum absolute atomic E-state index is 13.1. The number of hydrogen-bond donors (Lipinski definition) is 2. The lowest BCUT2D eigenvalue weighted by Crippen LogP contribution is -2.45. The Kier molecular flexibility index (Phi) is 7.66. The Morgan fingerprint density at radius 2 is 2.00 bits per heavy atom. The van der Waals surface area contributed by atoms with E-state index in [4.69, 9.17) is 4.74 Å². The van der Waals surface area contributed by atoms with Crippen LogP contribution in [0.5, 0.6) is 0 Å². The molecule has 0 aliphatic carbocycles. The summed E-state index contributed by atoms with van der Waals surface area (Å²) in [4.78, 5) is 37.5.